The van der Waals surface area contributed by atoms with Crippen LogP contribution < -0.4 is 0 Å². The van der Waals surface area contributed by atoms with E-state index in [1.165, 1.54) is 0 Å². The molecular formula is C17H26O2S. The molecule has 0 saturated carbocycles. The maximum atomic E-state index is 12.8. The highest BCUT2D eigenvalue weighted by Crippen LogP contribution is 2.30. The van der Waals surface area contributed by atoms with Gasteiger partial charge < -0.3 is 5.11 Å². The van der Waals surface area contributed by atoms with Crippen LogP contribution in [0.2, 0.25) is 0 Å². The first-order valence-electron chi connectivity index (χ1n) is 7.25. The van der Waals surface area contributed by atoms with Crippen molar-refractivity contribution in [3.8, 4) is 0 Å². The van der Waals surface area contributed by atoms with Crippen LogP contribution >= 0.6 is 0 Å². The molecule has 20 heavy (non-hydrogen) atoms. The average Bonchev–Trinajstić information content (AvgIpc) is 2.37. The number of hydrogen-bond donors (Lipinski definition) is 1. The first-order chi connectivity index (χ1) is 9.36. The molecule has 0 aliphatic heterocycles. The van der Waals surface area contributed by atoms with Crippen molar-refractivity contribution in [1.82, 2.24) is 0 Å². The third kappa shape index (κ3) is 4.57. The SMILES string of the molecule is CC[C@H](/C(=C/[C@H](C)O)[S@@](=O)c1ccc(C)cc1)C(C)C. The highest BCUT2D eigenvalue weighted by molar-refractivity contribution is 7.89. The topological polar surface area (TPSA) is 37.3 Å². The molecule has 1 aromatic carbocycles. The van der Waals surface area contributed by atoms with Crippen molar-refractivity contribution >= 4 is 10.8 Å². The molecule has 0 heterocycles. The number of allylic oxidation sites excluding steroid dienone is 1. The number of aliphatic hydroxyl groups excluding tert-OH is 1. The lowest BCUT2D eigenvalue weighted by Gasteiger charge is -2.23. The number of aryl methyl sites for hydroxylation is 1. The Hall–Kier alpha value is -0.930. The van der Waals surface area contributed by atoms with E-state index in [1.807, 2.05) is 31.2 Å². The van der Waals surface area contributed by atoms with Crippen LogP contribution in [0.15, 0.2) is 40.1 Å². The van der Waals surface area contributed by atoms with Gasteiger partial charge >= 0.3 is 0 Å². The molecule has 112 valence electrons. The first kappa shape index (κ1) is 17.1. The lowest BCUT2D eigenvalue weighted by Crippen LogP contribution is -2.16. The summed E-state index contributed by atoms with van der Waals surface area (Å²) in [7, 11) is -1.20. The largest absolute Gasteiger partial charge is 0.389 e. The number of aliphatic hydroxyl groups is 1. The van der Waals surface area contributed by atoms with Gasteiger partial charge in [0.05, 0.1) is 16.9 Å². The molecule has 0 spiro atoms. The number of benzene rings is 1. The van der Waals surface area contributed by atoms with Crippen molar-refractivity contribution in [3.63, 3.8) is 0 Å². The van der Waals surface area contributed by atoms with Crippen LogP contribution in [-0.4, -0.2) is 15.4 Å². The van der Waals surface area contributed by atoms with Gasteiger partial charge in [0, 0.05) is 9.80 Å². The van der Waals surface area contributed by atoms with Crippen LogP contribution in [0.5, 0.6) is 0 Å². The monoisotopic (exact) mass is 294 g/mol. The van der Waals surface area contributed by atoms with Gasteiger partial charge in [-0.3, -0.25) is 0 Å². The molecule has 0 aliphatic carbocycles. The Morgan fingerprint density at radius 3 is 2.20 bits per heavy atom. The molecule has 0 aliphatic rings. The molecule has 1 aromatic rings. The molecule has 0 aromatic heterocycles. The Labute approximate surface area is 125 Å². The van der Waals surface area contributed by atoms with Crippen molar-refractivity contribution < 1.29 is 9.32 Å². The predicted octanol–water partition coefficient (Wildman–Crippen LogP) is 4.05. The second-order valence-corrected chi connectivity index (χ2v) is 7.13. The van der Waals surface area contributed by atoms with Gasteiger partial charge in [-0.2, -0.15) is 0 Å². The van der Waals surface area contributed by atoms with E-state index in [2.05, 4.69) is 20.8 Å². The van der Waals surface area contributed by atoms with Gasteiger partial charge in [-0.15, -0.1) is 0 Å². The minimum Gasteiger partial charge on any atom is -0.389 e. The second kappa shape index (κ2) is 7.75. The summed E-state index contributed by atoms with van der Waals surface area (Å²) >= 11 is 0. The van der Waals surface area contributed by atoms with Crippen LogP contribution in [0, 0.1) is 18.8 Å². The molecule has 0 unspecified atom stereocenters. The molecule has 1 rings (SSSR count). The third-order valence-corrected chi connectivity index (χ3v) is 5.03. The number of rotatable bonds is 6. The van der Waals surface area contributed by atoms with Gasteiger partial charge in [0.2, 0.25) is 0 Å². The maximum Gasteiger partial charge on any atom is 0.0809 e. The molecule has 2 nitrogen and oxygen atoms in total. The Balaban J connectivity index is 3.17. The van der Waals surface area contributed by atoms with Crippen molar-refractivity contribution in [1.29, 1.82) is 0 Å². The van der Waals surface area contributed by atoms with E-state index in [-0.39, 0.29) is 5.92 Å². The van der Waals surface area contributed by atoms with E-state index < -0.39 is 16.9 Å². The van der Waals surface area contributed by atoms with Crippen LogP contribution in [0.25, 0.3) is 0 Å². The number of hydrogen-bond acceptors (Lipinski definition) is 2. The molecule has 1 N–H and O–H groups in total. The van der Waals surface area contributed by atoms with Crippen LogP contribution in [0.1, 0.15) is 39.7 Å². The first-order valence-corrected chi connectivity index (χ1v) is 8.40. The zero-order valence-electron chi connectivity index (χ0n) is 13.1. The summed E-state index contributed by atoms with van der Waals surface area (Å²) in [6.07, 6.45) is 2.10. The molecular weight excluding hydrogens is 268 g/mol. The zero-order chi connectivity index (χ0) is 15.3. The Kier molecular flexibility index (Phi) is 6.63. The van der Waals surface area contributed by atoms with E-state index in [9.17, 15) is 9.32 Å². The van der Waals surface area contributed by atoms with Crippen molar-refractivity contribution in [2.24, 2.45) is 11.8 Å². The van der Waals surface area contributed by atoms with Crippen molar-refractivity contribution in [2.75, 3.05) is 0 Å². The van der Waals surface area contributed by atoms with Gasteiger partial charge in [-0.1, -0.05) is 38.5 Å². The fourth-order valence-electron chi connectivity index (χ4n) is 2.36. The van der Waals surface area contributed by atoms with Gasteiger partial charge in [-0.25, -0.2) is 4.21 Å². The molecule has 3 heteroatoms. The molecule has 0 amide bonds. The highest BCUT2D eigenvalue weighted by atomic mass is 32.2. The van der Waals surface area contributed by atoms with Crippen LogP contribution in [0.3, 0.4) is 0 Å². The van der Waals surface area contributed by atoms with Crippen molar-refractivity contribution in [3.05, 3.63) is 40.8 Å². The summed E-state index contributed by atoms with van der Waals surface area (Å²) in [6.45, 7) is 10.1. The fraction of sp³-hybridized carbons (Fsp3) is 0.529. The fourth-order valence-corrected chi connectivity index (χ4v) is 4.05. The Bertz CT molecular complexity index is 472. The average molecular weight is 294 g/mol. The zero-order valence-corrected chi connectivity index (χ0v) is 13.9. The predicted molar refractivity (Wildman–Crippen MR) is 86.0 cm³/mol. The highest BCUT2D eigenvalue weighted by Gasteiger charge is 2.23. The summed E-state index contributed by atoms with van der Waals surface area (Å²) in [4.78, 5) is 1.66. The van der Waals surface area contributed by atoms with E-state index in [0.717, 1.165) is 21.8 Å². The molecule has 0 bridgehead atoms. The molecule has 0 radical (unpaired) electrons. The summed E-state index contributed by atoms with van der Waals surface area (Å²) in [5.41, 5.74) is 1.16. The van der Waals surface area contributed by atoms with E-state index in [4.69, 9.17) is 0 Å². The van der Waals surface area contributed by atoms with Gasteiger partial charge in [0.1, 0.15) is 0 Å². The van der Waals surface area contributed by atoms with Gasteiger partial charge in [-0.05, 0) is 50.3 Å². The lowest BCUT2D eigenvalue weighted by molar-refractivity contribution is 0.242. The normalized spacial score (nSPS) is 17.1. The Morgan fingerprint density at radius 1 is 1.25 bits per heavy atom. The maximum absolute atomic E-state index is 12.8. The van der Waals surface area contributed by atoms with E-state index in [0.29, 0.717) is 5.92 Å². The van der Waals surface area contributed by atoms with Crippen LogP contribution in [-0.2, 0) is 10.8 Å². The van der Waals surface area contributed by atoms with E-state index >= 15 is 0 Å². The third-order valence-electron chi connectivity index (χ3n) is 3.46. The second-order valence-electron chi connectivity index (χ2n) is 5.65. The van der Waals surface area contributed by atoms with Crippen LogP contribution in [0.4, 0.5) is 0 Å². The lowest BCUT2D eigenvalue weighted by atomic mass is 9.92. The summed E-state index contributed by atoms with van der Waals surface area (Å²) in [5, 5.41) is 9.68. The summed E-state index contributed by atoms with van der Waals surface area (Å²) < 4.78 is 12.8. The van der Waals surface area contributed by atoms with E-state index in [1.54, 1.807) is 13.0 Å². The van der Waals surface area contributed by atoms with Gasteiger partial charge in [0.25, 0.3) is 0 Å². The molecule has 0 fully saturated rings. The summed E-state index contributed by atoms with van der Waals surface area (Å²) in [5.74, 6) is 0.631. The summed E-state index contributed by atoms with van der Waals surface area (Å²) in [6, 6.07) is 7.77. The molecule has 0 saturated heterocycles. The quantitative estimate of drug-likeness (QED) is 0.859. The van der Waals surface area contributed by atoms with Gasteiger partial charge in [0.15, 0.2) is 0 Å². The minimum atomic E-state index is -1.20. The standard InChI is InChI=1S/C17H26O2S/c1-6-16(12(2)3)17(11-14(5)18)20(19)15-9-7-13(4)8-10-15/h7-12,14,16,18H,6H2,1-5H3/b17-11-/t14-,16-,20-/m0/s1. The van der Waals surface area contributed by atoms with Crippen molar-refractivity contribution in [2.45, 2.75) is 52.0 Å². The minimum absolute atomic E-state index is 0.228. The Morgan fingerprint density at radius 2 is 1.80 bits per heavy atom. The molecule has 3 atom stereocenters. The smallest absolute Gasteiger partial charge is 0.0809 e.